The fraction of sp³-hybridized carbons (Fsp3) is 0.625. The lowest BCUT2D eigenvalue weighted by molar-refractivity contribution is -0.138. The maximum atomic E-state index is 12.7. The van der Waals surface area contributed by atoms with Crippen molar-refractivity contribution in [2.75, 3.05) is 32.8 Å². The van der Waals surface area contributed by atoms with Crippen molar-refractivity contribution in [3.05, 3.63) is 29.3 Å². The number of nitrogens with one attached hydrogen (secondary N) is 1. The van der Waals surface area contributed by atoms with Gasteiger partial charge in [-0.2, -0.15) is 13.2 Å². The molecule has 0 bridgehead atoms. The number of rotatable bonds is 4. The Bertz CT molecular complexity index is 513. The van der Waals surface area contributed by atoms with Crippen molar-refractivity contribution in [3.8, 4) is 5.75 Å². The Morgan fingerprint density at radius 1 is 1.23 bits per heavy atom. The molecule has 3 rings (SSSR count). The average molecular weight is 314 g/mol. The van der Waals surface area contributed by atoms with E-state index in [1.807, 2.05) is 18.2 Å². The normalized spacial score (nSPS) is 20.5. The summed E-state index contributed by atoms with van der Waals surface area (Å²) >= 11 is 0. The van der Waals surface area contributed by atoms with Gasteiger partial charge in [0.05, 0.1) is 6.61 Å². The second-order valence-corrected chi connectivity index (χ2v) is 5.92. The molecule has 3 nitrogen and oxygen atoms in total. The van der Waals surface area contributed by atoms with E-state index in [-0.39, 0.29) is 12.5 Å². The fourth-order valence-corrected chi connectivity index (χ4v) is 3.27. The van der Waals surface area contributed by atoms with Crippen molar-refractivity contribution in [2.45, 2.75) is 31.5 Å². The Balaban J connectivity index is 1.80. The molecule has 22 heavy (non-hydrogen) atoms. The summed E-state index contributed by atoms with van der Waals surface area (Å²) in [6, 6.07) is 5.69. The minimum atomic E-state index is -4.11. The van der Waals surface area contributed by atoms with Crippen molar-refractivity contribution >= 4 is 0 Å². The summed E-state index contributed by atoms with van der Waals surface area (Å²) < 4.78 is 43.5. The van der Waals surface area contributed by atoms with Crippen LogP contribution in [-0.4, -0.2) is 43.9 Å². The van der Waals surface area contributed by atoms with Crippen molar-refractivity contribution in [3.63, 3.8) is 0 Å². The largest absolute Gasteiger partial charge is 0.493 e. The molecule has 0 saturated carbocycles. The molecular weight excluding hydrogens is 293 g/mol. The van der Waals surface area contributed by atoms with Gasteiger partial charge < -0.3 is 10.1 Å². The number of nitrogens with zero attached hydrogens (tertiary/aromatic N) is 1. The van der Waals surface area contributed by atoms with Gasteiger partial charge in [0, 0.05) is 45.1 Å². The van der Waals surface area contributed by atoms with Crippen LogP contribution in [0.15, 0.2) is 18.2 Å². The molecule has 0 spiro atoms. The Labute approximate surface area is 128 Å². The third-order valence-electron chi connectivity index (χ3n) is 4.39. The van der Waals surface area contributed by atoms with E-state index in [0.717, 1.165) is 49.5 Å². The van der Waals surface area contributed by atoms with Crippen LogP contribution < -0.4 is 10.1 Å². The first kappa shape index (κ1) is 15.6. The molecule has 1 N–H and O–H groups in total. The van der Waals surface area contributed by atoms with Crippen LogP contribution in [0.2, 0.25) is 0 Å². The molecule has 1 saturated heterocycles. The van der Waals surface area contributed by atoms with Crippen LogP contribution in [0.5, 0.6) is 5.75 Å². The van der Waals surface area contributed by atoms with Crippen molar-refractivity contribution < 1.29 is 17.9 Å². The average Bonchev–Trinajstić information content (AvgIpc) is 2.95. The van der Waals surface area contributed by atoms with Crippen LogP contribution in [-0.2, 0) is 6.42 Å². The quantitative estimate of drug-likeness (QED) is 0.925. The second-order valence-electron chi connectivity index (χ2n) is 5.92. The third-order valence-corrected chi connectivity index (χ3v) is 4.39. The van der Waals surface area contributed by atoms with Gasteiger partial charge in [-0.05, 0) is 23.6 Å². The van der Waals surface area contributed by atoms with Gasteiger partial charge in [0.1, 0.15) is 5.75 Å². The highest BCUT2D eigenvalue weighted by Gasteiger charge is 2.31. The molecule has 2 aliphatic heterocycles. The van der Waals surface area contributed by atoms with Crippen LogP contribution in [0.3, 0.4) is 0 Å². The molecule has 0 aromatic heterocycles. The van der Waals surface area contributed by atoms with Crippen LogP contribution in [0.4, 0.5) is 13.2 Å². The standard InChI is InChI=1S/C16H21F3N2O/c17-16(18,19)5-3-14(21-8-6-20-7-9-21)12-1-2-15-13(11-12)4-10-22-15/h1-2,11,14,20H,3-10H2/t14-/m0/s1. The topological polar surface area (TPSA) is 24.5 Å². The molecular formula is C16H21F3N2O. The Hall–Kier alpha value is -1.27. The molecule has 0 radical (unpaired) electrons. The number of benzene rings is 1. The van der Waals surface area contributed by atoms with Crippen molar-refractivity contribution in [1.82, 2.24) is 10.2 Å². The maximum absolute atomic E-state index is 12.7. The summed E-state index contributed by atoms with van der Waals surface area (Å²) in [7, 11) is 0. The Kier molecular flexibility index (Phi) is 4.59. The lowest BCUT2D eigenvalue weighted by Gasteiger charge is -2.35. The van der Waals surface area contributed by atoms with E-state index < -0.39 is 12.6 Å². The minimum absolute atomic E-state index is 0.114. The van der Waals surface area contributed by atoms with E-state index in [4.69, 9.17) is 4.74 Å². The zero-order chi connectivity index (χ0) is 15.6. The van der Waals surface area contributed by atoms with Gasteiger partial charge in [0.2, 0.25) is 0 Å². The summed E-state index contributed by atoms with van der Waals surface area (Å²) in [5, 5.41) is 3.25. The van der Waals surface area contributed by atoms with E-state index in [9.17, 15) is 13.2 Å². The van der Waals surface area contributed by atoms with Gasteiger partial charge in [-0.25, -0.2) is 0 Å². The monoisotopic (exact) mass is 314 g/mol. The number of piperazine rings is 1. The number of hydrogen-bond acceptors (Lipinski definition) is 3. The van der Waals surface area contributed by atoms with E-state index >= 15 is 0 Å². The van der Waals surface area contributed by atoms with Gasteiger partial charge in [0.25, 0.3) is 0 Å². The summed E-state index contributed by atoms with van der Waals surface area (Å²) in [5.74, 6) is 0.874. The highest BCUT2D eigenvalue weighted by atomic mass is 19.4. The SMILES string of the molecule is FC(F)(F)CC[C@@H](c1ccc2c(c1)CCO2)N1CCNCC1. The zero-order valence-electron chi connectivity index (χ0n) is 12.5. The molecule has 6 heteroatoms. The Morgan fingerprint density at radius 2 is 2.00 bits per heavy atom. The highest BCUT2D eigenvalue weighted by Crippen LogP contribution is 2.35. The molecule has 0 amide bonds. The first-order chi connectivity index (χ1) is 10.5. The summed E-state index contributed by atoms with van der Waals surface area (Å²) in [6.07, 6.45) is -3.89. The van der Waals surface area contributed by atoms with Gasteiger partial charge in [0.15, 0.2) is 0 Å². The molecule has 2 aliphatic rings. The smallest absolute Gasteiger partial charge is 0.389 e. The number of halogens is 3. The molecule has 1 aromatic rings. The summed E-state index contributed by atoms with van der Waals surface area (Å²) in [5.41, 5.74) is 2.10. The van der Waals surface area contributed by atoms with E-state index in [1.54, 1.807) is 0 Å². The second kappa shape index (κ2) is 6.46. The van der Waals surface area contributed by atoms with Crippen molar-refractivity contribution in [2.24, 2.45) is 0 Å². The highest BCUT2D eigenvalue weighted by molar-refractivity contribution is 5.40. The first-order valence-electron chi connectivity index (χ1n) is 7.80. The van der Waals surface area contributed by atoms with Crippen LogP contribution >= 0.6 is 0 Å². The third kappa shape index (κ3) is 3.73. The lowest BCUT2D eigenvalue weighted by atomic mass is 9.97. The van der Waals surface area contributed by atoms with Crippen LogP contribution in [0.1, 0.15) is 30.0 Å². The molecule has 1 aromatic carbocycles. The minimum Gasteiger partial charge on any atom is -0.493 e. The maximum Gasteiger partial charge on any atom is 0.389 e. The predicted molar refractivity (Wildman–Crippen MR) is 78.1 cm³/mol. The lowest BCUT2D eigenvalue weighted by Crippen LogP contribution is -2.45. The zero-order valence-corrected chi connectivity index (χ0v) is 12.5. The summed E-state index contributed by atoms with van der Waals surface area (Å²) in [4.78, 5) is 2.17. The summed E-state index contributed by atoms with van der Waals surface area (Å²) in [6.45, 7) is 3.90. The number of hydrogen-bond donors (Lipinski definition) is 1. The number of ether oxygens (including phenoxy) is 1. The van der Waals surface area contributed by atoms with Gasteiger partial charge in [-0.15, -0.1) is 0 Å². The van der Waals surface area contributed by atoms with E-state index in [2.05, 4.69) is 10.2 Å². The fourth-order valence-electron chi connectivity index (χ4n) is 3.27. The molecule has 1 atom stereocenters. The van der Waals surface area contributed by atoms with Crippen LogP contribution in [0.25, 0.3) is 0 Å². The van der Waals surface area contributed by atoms with Gasteiger partial charge >= 0.3 is 6.18 Å². The van der Waals surface area contributed by atoms with E-state index in [1.165, 1.54) is 0 Å². The first-order valence-corrected chi connectivity index (χ1v) is 7.80. The van der Waals surface area contributed by atoms with Gasteiger partial charge in [-0.1, -0.05) is 12.1 Å². The molecule has 122 valence electrons. The molecule has 1 fully saturated rings. The van der Waals surface area contributed by atoms with Crippen molar-refractivity contribution in [1.29, 1.82) is 0 Å². The van der Waals surface area contributed by atoms with Gasteiger partial charge in [-0.3, -0.25) is 4.90 Å². The van der Waals surface area contributed by atoms with E-state index in [0.29, 0.717) is 6.61 Å². The number of fused-ring (bicyclic) bond motifs is 1. The number of alkyl halides is 3. The predicted octanol–water partition coefficient (Wildman–Crippen LogP) is 2.91. The Morgan fingerprint density at radius 3 is 2.73 bits per heavy atom. The molecule has 0 aliphatic carbocycles. The molecule has 0 unspecified atom stereocenters. The molecule has 2 heterocycles. The van der Waals surface area contributed by atoms with Crippen LogP contribution in [0, 0.1) is 0 Å².